The minimum atomic E-state index is 0.0520. The molecule has 0 spiro atoms. The van der Waals surface area contributed by atoms with Gasteiger partial charge in [-0.2, -0.15) is 11.8 Å². The summed E-state index contributed by atoms with van der Waals surface area (Å²) in [6.45, 7) is 0.706. The van der Waals surface area contributed by atoms with Crippen molar-refractivity contribution in [2.24, 2.45) is 0 Å². The summed E-state index contributed by atoms with van der Waals surface area (Å²) in [7, 11) is 1.84. The minimum Gasteiger partial charge on any atom is -0.326 e. The van der Waals surface area contributed by atoms with E-state index in [4.69, 9.17) is 0 Å². The Balaban J connectivity index is 2.42. The fraction of sp³-hybridized carbons (Fsp3) is 0.462. The molecule has 0 saturated carbocycles. The van der Waals surface area contributed by atoms with Crippen molar-refractivity contribution in [3.63, 3.8) is 0 Å². The number of hydrogen-bond donors (Lipinski definition) is 2. The van der Waals surface area contributed by atoms with Crippen molar-refractivity contribution < 1.29 is 4.79 Å². The first-order chi connectivity index (χ1) is 8.26. The molecular formula is C13H20N2OS. The van der Waals surface area contributed by atoms with Crippen molar-refractivity contribution in [2.75, 3.05) is 30.9 Å². The number of anilines is 1. The molecular weight excluding hydrogens is 232 g/mol. The van der Waals surface area contributed by atoms with E-state index in [0.717, 1.165) is 17.9 Å². The molecule has 0 bridgehead atoms. The second kappa shape index (κ2) is 8.14. The molecule has 0 aliphatic carbocycles. The van der Waals surface area contributed by atoms with E-state index < -0.39 is 0 Å². The summed E-state index contributed by atoms with van der Waals surface area (Å²) >= 11 is 1.84. The van der Waals surface area contributed by atoms with Gasteiger partial charge in [-0.05, 0) is 43.2 Å². The van der Waals surface area contributed by atoms with Gasteiger partial charge in [0.15, 0.2) is 0 Å². The number of aryl methyl sites for hydroxylation is 1. The first kappa shape index (κ1) is 14.1. The van der Waals surface area contributed by atoms with E-state index in [1.807, 2.05) is 30.9 Å². The second-order valence-electron chi connectivity index (χ2n) is 3.84. The molecule has 17 heavy (non-hydrogen) atoms. The smallest absolute Gasteiger partial charge is 0.225 e. The lowest BCUT2D eigenvalue weighted by molar-refractivity contribution is -0.116. The minimum absolute atomic E-state index is 0.0520. The molecule has 0 atom stereocenters. The molecule has 1 aromatic rings. The SMILES string of the molecule is CNCCC(=O)Nc1ccc(CCSC)cc1. The van der Waals surface area contributed by atoms with Gasteiger partial charge in [0.2, 0.25) is 5.91 Å². The molecule has 0 aromatic heterocycles. The third-order valence-corrected chi connectivity index (χ3v) is 3.05. The number of thioether (sulfide) groups is 1. The predicted octanol–water partition coefficient (Wildman–Crippen LogP) is 2.14. The van der Waals surface area contributed by atoms with Gasteiger partial charge in [-0.15, -0.1) is 0 Å². The molecule has 1 aromatic carbocycles. The van der Waals surface area contributed by atoms with Crippen LogP contribution in [0.3, 0.4) is 0 Å². The average molecular weight is 252 g/mol. The Bertz CT molecular complexity index is 338. The van der Waals surface area contributed by atoms with Crippen LogP contribution in [0.25, 0.3) is 0 Å². The maximum atomic E-state index is 11.5. The van der Waals surface area contributed by atoms with Gasteiger partial charge in [0.1, 0.15) is 0 Å². The van der Waals surface area contributed by atoms with E-state index >= 15 is 0 Å². The summed E-state index contributed by atoms with van der Waals surface area (Å²) in [5, 5.41) is 5.83. The van der Waals surface area contributed by atoms with E-state index in [0.29, 0.717) is 13.0 Å². The van der Waals surface area contributed by atoms with Gasteiger partial charge in [-0.25, -0.2) is 0 Å². The first-order valence-corrected chi connectivity index (χ1v) is 7.18. The Morgan fingerprint density at radius 3 is 2.59 bits per heavy atom. The van der Waals surface area contributed by atoms with Crippen LogP contribution in [0.5, 0.6) is 0 Å². The number of carbonyl (C=O) groups excluding carboxylic acids is 1. The third kappa shape index (κ3) is 5.75. The molecule has 2 N–H and O–H groups in total. The normalized spacial score (nSPS) is 10.2. The fourth-order valence-corrected chi connectivity index (χ4v) is 1.88. The van der Waals surface area contributed by atoms with Crippen LogP contribution in [-0.2, 0) is 11.2 Å². The van der Waals surface area contributed by atoms with Crippen LogP contribution in [0.4, 0.5) is 5.69 Å². The van der Waals surface area contributed by atoms with E-state index in [2.05, 4.69) is 29.0 Å². The van der Waals surface area contributed by atoms with Crippen molar-refractivity contribution in [1.82, 2.24) is 5.32 Å². The molecule has 3 nitrogen and oxygen atoms in total. The van der Waals surface area contributed by atoms with Gasteiger partial charge in [0.25, 0.3) is 0 Å². The zero-order valence-electron chi connectivity index (χ0n) is 10.5. The predicted molar refractivity (Wildman–Crippen MR) is 75.7 cm³/mol. The highest BCUT2D eigenvalue weighted by molar-refractivity contribution is 7.98. The molecule has 1 rings (SSSR count). The lowest BCUT2D eigenvalue weighted by atomic mass is 10.1. The highest BCUT2D eigenvalue weighted by Crippen LogP contribution is 2.11. The van der Waals surface area contributed by atoms with Crippen molar-refractivity contribution in [2.45, 2.75) is 12.8 Å². The van der Waals surface area contributed by atoms with Gasteiger partial charge >= 0.3 is 0 Å². The zero-order chi connectivity index (χ0) is 12.5. The van der Waals surface area contributed by atoms with Crippen LogP contribution < -0.4 is 10.6 Å². The molecule has 1 amide bonds. The maximum absolute atomic E-state index is 11.5. The zero-order valence-corrected chi connectivity index (χ0v) is 11.3. The standard InChI is InChI=1S/C13H20N2OS/c1-14-9-7-13(16)15-12-5-3-11(4-6-12)8-10-17-2/h3-6,14H,7-10H2,1-2H3,(H,15,16). The number of rotatable bonds is 7. The Morgan fingerprint density at radius 2 is 2.00 bits per heavy atom. The summed E-state index contributed by atoms with van der Waals surface area (Å²) in [6.07, 6.45) is 3.69. The van der Waals surface area contributed by atoms with Crippen LogP contribution in [0.15, 0.2) is 24.3 Å². The summed E-state index contributed by atoms with van der Waals surface area (Å²) in [4.78, 5) is 11.5. The lowest BCUT2D eigenvalue weighted by Gasteiger charge is -2.06. The van der Waals surface area contributed by atoms with Crippen LogP contribution >= 0.6 is 11.8 Å². The van der Waals surface area contributed by atoms with Gasteiger partial charge in [-0.1, -0.05) is 12.1 Å². The molecule has 4 heteroatoms. The van der Waals surface area contributed by atoms with Gasteiger partial charge < -0.3 is 10.6 Å². The summed E-state index contributed by atoms with van der Waals surface area (Å²) in [5.41, 5.74) is 2.19. The maximum Gasteiger partial charge on any atom is 0.225 e. The Kier molecular flexibility index (Phi) is 6.74. The van der Waals surface area contributed by atoms with Crippen molar-refractivity contribution >= 4 is 23.4 Å². The van der Waals surface area contributed by atoms with Crippen LogP contribution in [0.1, 0.15) is 12.0 Å². The summed E-state index contributed by atoms with van der Waals surface area (Å²) in [6, 6.07) is 8.08. The van der Waals surface area contributed by atoms with E-state index in [1.165, 1.54) is 5.56 Å². The highest BCUT2D eigenvalue weighted by Gasteiger charge is 2.01. The third-order valence-electron chi connectivity index (χ3n) is 2.43. The number of carbonyl (C=O) groups is 1. The molecule has 0 saturated heterocycles. The molecule has 0 heterocycles. The highest BCUT2D eigenvalue weighted by atomic mass is 32.2. The van der Waals surface area contributed by atoms with E-state index in [1.54, 1.807) is 0 Å². The van der Waals surface area contributed by atoms with E-state index in [-0.39, 0.29) is 5.91 Å². The number of amides is 1. The number of benzene rings is 1. The van der Waals surface area contributed by atoms with Crippen LogP contribution in [0, 0.1) is 0 Å². The molecule has 0 unspecified atom stereocenters. The average Bonchev–Trinajstić information content (AvgIpc) is 2.35. The van der Waals surface area contributed by atoms with Gasteiger partial charge in [-0.3, -0.25) is 4.79 Å². The van der Waals surface area contributed by atoms with Crippen molar-refractivity contribution in [3.8, 4) is 0 Å². The Labute approximate surface area is 107 Å². The summed E-state index contributed by atoms with van der Waals surface area (Å²) in [5.74, 6) is 1.18. The van der Waals surface area contributed by atoms with Crippen LogP contribution in [-0.4, -0.2) is 31.5 Å². The molecule has 0 radical (unpaired) electrons. The van der Waals surface area contributed by atoms with E-state index in [9.17, 15) is 4.79 Å². The monoisotopic (exact) mass is 252 g/mol. The Morgan fingerprint density at radius 1 is 1.29 bits per heavy atom. The molecule has 94 valence electrons. The fourth-order valence-electron chi connectivity index (χ4n) is 1.44. The van der Waals surface area contributed by atoms with Crippen molar-refractivity contribution in [3.05, 3.63) is 29.8 Å². The van der Waals surface area contributed by atoms with Gasteiger partial charge in [0.05, 0.1) is 0 Å². The van der Waals surface area contributed by atoms with Gasteiger partial charge in [0, 0.05) is 18.7 Å². The molecule has 0 aliphatic rings. The second-order valence-corrected chi connectivity index (χ2v) is 4.83. The lowest BCUT2D eigenvalue weighted by Crippen LogP contribution is -2.18. The molecule has 0 fully saturated rings. The number of hydrogen-bond acceptors (Lipinski definition) is 3. The molecule has 0 aliphatic heterocycles. The van der Waals surface area contributed by atoms with Crippen LogP contribution in [0.2, 0.25) is 0 Å². The topological polar surface area (TPSA) is 41.1 Å². The largest absolute Gasteiger partial charge is 0.326 e. The van der Waals surface area contributed by atoms with Crippen molar-refractivity contribution in [1.29, 1.82) is 0 Å². The Hall–Kier alpha value is -1.00. The quantitative estimate of drug-likeness (QED) is 0.781. The first-order valence-electron chi connectivity index (χ1n) is 5.78. The number of nitrogens with one attached hydrogen (secondary N) is 2. The summed E-state index contributed by atoms with van der Waals surface area (Å²) < 4.78 is 0.